The van der Waals surface area contributed by atoms with Gasteiger partial charge in [-0.3, -0.25) is 0 Å². The zero-order valence-electron chi connectivity index (χ0n) is 10.2. The number of thiocarbonyl (C=S) groups is 1. The Morgan fingerprint density at radius 3 is 2.78 bits per heavy atom. The summed E-state index contributed by atoms with van der Waals surface area (Å²) in [6.45, 7) is 2.10. The number of hydrogen-bond acceptors (Lipinski definition) is 3. The first-order chi connectivity index (χ1) is 8.66. The maximum absolute atomic E-state index is 5.70. The summed E-state index contributed by atoms with van der Waals surface area (Å²) in [4.78, 5) is 0.406. The van der Waals surface area contributed by atoms with E-state index >= 15 is 0 Å². The van der Waals surface area contributed by atoms with Crippen LogP contribution in [0.5, 0.6) is 0 Å². The molecule has 0 amide bonds. The van der Waals surface area contributed by atoms with E-state index in [2.05, 4.69) is 12.2 Å². The summed E-state index contributed by atoms with van der Waals surface area (Å²) < 4.78 is 5.33. The highest BCUT2D eigenvalue weighted by Crippen LogP contribution is 2.17. The van der Waals surface area contributed by atoms with Gasteiger partial charge in [0.2, 0.25) is 0 Å². The molecule has 94 valence electrons. The van der Waals surface area contributed by atoms with Gasteiger partial charge >= 0.3 is 0 Å². The topological polar surface area (TPSA) is 51.2 Å². The molecule has 1 atom stereocenters. The molecule has 0 aliphatic carbocycles. The van der Waals surface area contributed by atoms with E-state index in [1.165, 1.54) is 0 Å². The molecule has 4 heteroatoms. The van der Waals surface area contributed by atoms with Gasteiger partial charge < -0.3 is 15.5 Å². The number of nitrogens with one attached hydrogen (secondary N) is 1. The number of nitrogens with two attached hydrogens (primary N) is 1. The van der Waals surface area contributed by atoms with E-state index in [9.17, 15) is 0 Å². The number of hydrogen-bond donors (Lipinski definition) is 2. The summed E-state index contributed by atoms with van der Waals surface area (Å²) in [5, 5.41) is 3.40. The molecule has 0 radical (unpaired) electrons. The zero-order chi connectivity index (χ0) is 13.0. The molecule has 1 aromatic heterocycles. The van der Waals surface area contributed by atoms with Gasteiger partial charge in [0, 0.05) is 23.7 Å². The SMILES string of the molecule is CC(Cc1ccco1)Nc1ccccc1C(N)=S. The van der Waals surface area contributed by atoms with Crippen molar-refractivity contribution in [2.45, 2.75) is 19.4 Å². The summed E-state index contributed by atoms with van der Waals surface area (Å²) in [6, 6.07) is 11.9. The molecule has 1 heterocycles. The molecular formula is C14H16N2OS. The first kappa shape index (κ1) is 12.6. The molecule has 0 spiro atoms. The molecule has 0 saturated heterocycles. The third-order valence-electron chi connectivity index (χ3n) is 2.68. The fourth-order valence-corrected chi connectivity index (χ4v) is 2.05. The van der Waals surface area contributed by atoms with Crippen LogP contribution in [0.3, 0.4) is 0 Å². The summed E-state index contributed by atoms with van der Waals surface area (Å²) in [7, 11) is 0. The smallest absolute Gasteiger partial charge is 0.106 e. The van der Waals surface area contributed by atoms with Crippen LogP contribution in [0.1, 0.15) is 18.2 Å². The average molecular weight is 260 g/mol. The van der Waals surface area contributed by atoms with E-state index in [-0.39, 0.29) is 6.04 Å². The fourth-order valence-electron chi connectivity index (χ4n) is 1.87. The van der Waals surface area contributed by atoms with E-state index in [1.807, 2.05) is 36.4 Å². The lowest BCUT2D eigenvalue weighted by Gasteiger charge is -2.16. The van der Waals surface area contributed by atoms with Gasteiger partial charge in [0.1, 0.15) is 10.7 Å². The van der Waals surface area contributed by atoms with Crippen molar-refractivity contribution in [2.24, 2.45) is 5.73 Å². The molecule has 1 aromatic carbocycles. The van der Waals surface area contributed by atoms with Crippen LogP contribution in [-0.4, -0.2) is 11.0 Å². The summed E-state index contributed by atoms with van der Waals surface area (Å²) in [5.41, 5.74) is 7.54. The van der Waals surface area contributed by atoms with Crippen LogP contribution in [0, 0.1) is 0 Å². The van der Waals surface area contributed by atoms with Crippen molar-refractivity contribution in [3.63, 3.8) is 0 Å². The molecule has 2 rings (SSSR count). The van der Waals surface area contributed by atoms with Gasteiger partial charge in [0.05, 0.1) is 6.26 Å². The van der Waals surface area contributed by atoms with Gasteiger partial charge in [0.25, 0.3) is 0 Å². The predicted octanol–water partition coefficient (Wildman–Crippen LogP) is 2.96. The van der Waals surface area contributed by atoms with E-state index in [4.69, 9.17) is 22.4 Å². The lowest BCUT2D eigenvalue weighted by atomic mass is 10.1. The van der Waals surface area contributed by atoms with Gasteiger partial charge in [-0.1, -0.05) is 24.4 Å². The third kappa shape index (κ3) is 3.11. The van der Waals surface area contributed by atoms with Crippen LogP contribution in [0.2, 0.25) is 0 Å². The van der Waals surface area contributed by atoms with Crippen molar-refractivity contribution in [1.29, 1.82) is 0 Å². The van der Waals surface area contributed by atoms with Crippen LogP contribution in [0.4, 0.5) is 5.69 Å². The molecule has 0 aliphatic heterocycles. The summed E-state index contributed by atoms with van der Waals surface area (Å²) >= 11 is 5.04. The minimum Gasteiger partial charge on any atom is -0.469 e. The molecular weight excluding hydrogens is 244 g/mol. The zero-order valence-corrected chi connectivity index (χ0v) is 11.0. The highest BCUT2D eigenvalue weighted by atomic mass is 32.1. The molecule has 1 unspecified atom stereocenters. The van der Waals surface area contributed by atoms with E-state index in [0.29, 0.717) is 4.99 Å². The molecule has 2 aromatic rings. The number of benzene rings is 1. The Kier molecular flexibility index (Phi) is 3.99. The Labute approximate surface area is 112 Å². The van der Waals surface area contributed by atoms with Crippen LogP contribution in [0.15, 0.2) is 47.1 Å². The molecule has 0 saturated carbocycles. The average Bonchev–Trinajstić information content (AvgIpc) is 2.82. The molecule has 0 bridgehead atoms. The Hall–Kier alpha value is -1.81. The predicted molar refractivity (Wildman–Crippen MR) is 77.8 cm³/mol. The molecule has 3 nitrogen and oxygen atoms in total. The lowest BCUT2D eigenvalue weighted by molar-refractivity contribution is 0.498. The van der Waals surface area contributed by atoms with Gasteiger partial charge in [0.15, 0.2) is 0 Å². The van der Waals surface area contributed by atoms with Gasteiger partial charge in [-0.15, -0.1) is 0 Å². The second-order valence-corrected chi connectivity index (χ2v) is 4.68. The van der Waals surface area contributed by atoms with Crippen molar-refractivity contribution in [3.8, 4) is 0 Å². The molecule has 3 N–H and O–H groups in total. The summed E-state index contributed by atoms with van der Waals surface area (Å²) in [5.74, 6) is 0.961. The summed E-state index contributed by atoms with van der Waals surface area (Å²) in [6.07, 6.45) is 2.50. The Balaban J connectivity index is 2.07. The standard InChI is InChI=1S/C14H16N2OS/c1-10(9-11-5-4-8-17-11)16-13-7-3-2-6-12(13)14(15)18/h2-8,10,16H,9H2,1H3,(H2,15,18). The Morgan fingerprint density at radius 2 is 2.11 bits per heavy atom. The van der Waals surface area contributed by atoms with Crippen molar-refractivity contribution >= 4 is 22.9 Å². The molecule has 0 fully saturated rings. The van der Waals surface area contributed by atoms with Gasteiger partial charge in [-0.05, 0) is 31.2 Å². The van der Waals surface area contributed by atoms with Crippen molar-refractivity contribution < 1.29 is 4.42 Å². The number of para-hydroxylation sites is 1. The van der Waals surface area contributed by atoms with Gasteiger partial charge in [-0.25, -0.2) is 0 Å². The largest absolute Gasteiger partial charge is 0.469 e. The van der Waals surface area contributed by atoms with Crippen molar-refractivity contribution in [1.82, 2.24) is 0 Å². The number of furan rings is 1. The van der Waals surface area contributed by atoms with E-state index < -0.39 is 0 Å². The third-order valence-corrected chi connectivity index (χ3v) is 2.90. The highest BCUT2D eigenvalue weighted by molar-refractivity contribution is 7.80. The lowest BCUT2D eigenvalue weighted by Crippen LogP contribution is -2.21. The minimum absolute atomic E-state index is 0.242. The number of anilines is 1. The number of rotatable bonds is 5. The Bertz CT molecular complexity index is 522. The van der Waals surface area contributed by atoms with Gasteiger partial charge in [-0.2, -0.15) is 0 Å². The first-order valence-corrected chi connectivity index (χ1v) is 6.25. The second-order valence-electron chi connectivity index (χ2n) is 4.24. The maximum Gasteiger partial charge on any atom is 0.106 e. The van der Waals surface area contributed by atoms with Crippen LogP contribution in [0.25, 0.3) is 0 Å². The van der Waals surface area contributed by atoms with E-state index in [0.717, 1.165) is 23.4 Å². The maximum atomic E-state index is 5.70. The van der Waals surface area contributed by atoms with E-state index in [1.54, 1.807) is 6.26 Å². The first-order valence-electron chi connectivity index (χ1n) is 5.84. The normalized spacial score (nSPS) is 12.1. The quantitative estimate of drug-likeness (QED) is 0.812. The van der Waals surface area contributed by atoms with Crippen molar-refractivity contribution in [2.75, 3.05) is 5.32 Å². The Morgan fingerprint density at radius 1 is 1.33 bits per heavy atom. The van der Waals surface area contributed by atoms with Crippen molar-refractivity contribution in [3.05, 3.63) is 54.0 Å². The fraction of sp³-hybridized carbons (Fsp3) is 0.214. The van der Waals surface area contributed by atoms with Crippen LogP contribution in [-0.2, 0) is 6.42 Å². The van der Waals surface area contributed by atoms with Crippen LogP contribution < -0.4 is 11.1 Å². The monoisotopic (exact) mass is 260 g/mol. The minimum atomic E-state index is 0.242. The molecule has 18 heavy (non-hydrogen) atoms. The van der Waals surface area contributed by atoms with Crippen LogP contribution >= 0.6 is 12.2 Å². The second kappa shape index (κ2) is 5.69. The highest BCUT2D eigenvalue weighted by Gasteiger charge is 2.09. The molecule has 0 aliphatic rings.